The number of aliphatic carboxylic acids is 1. The van der Waals surface area contributed by atoms with Gasteiger partial charge in [0.05, 0.1) is 12.8 Å². The molecule has 0 saturated carbocycles. The molecular formula is C9H23N2O5P. The fourth-order valence-electron chi connectivity index (χ4n) is 0.880. The highest BCUT2D eigenvalue weighted by Gasteiger charge is 2.11. The van der Waals surface area contributed by atoms with Crippen molar-refractivity contribution < 1.29 is 24.3 Å². The van der Waals surface area contributed by atoms with E-state index in [-0.39, 0.29) is 0 Å². The number of nitrogens with one attached hydrogen (secondary N) is 1. The summed E-state index contributed by atoms with van der Waals surface area (Å²) >= 11 is 0. The molecule has 0 fully saturated rings. The summed E-state index contributed by atoms with van der Waals surface area (Å²) in [5.74, 6) is -1.14. The third-order valence-corrected chi connectivity index (χ3v) is 2.29. The highest BCUT2D eigenvalue weighted by molar-refractivity contribution is 7.51. The number of carboxylic acid groups (broad SMARTS) is 1. The first-order valence-corrected chi connectivity index (χ1v) is 7.30. The van der Waals surface area contributed by atoms with E-state index in [9.17, 15) is 9.36 Å². The van der Waals surface area contributed by atoms with Crippen molar-refractivity contribution >= 4 is 13.6 Å². The monoisotopic (exact) mass is 270 g/mol. The molecule has 0 bridgehead atoms. The van der Waals surface area contributed by atoms with Crippen LogP contribution >= 0.6 is 7.60 Å². The lowest BCUT2D eigenvalue weighted by Gasteiger charge is -2.02. The highest BCUT2D eigenvalue weighted by atomic mass is 31.2. The van der Waals surface area contributed by atoms with Gasteiger partial charge in [0.25, 0.3) is 0 Å². The number of hydrogen-bond acceptors (Lipinski definition) is 4. The van der Waals surface area contributed by atoms with Crippen LogP contribution in [0.15, 0.2) is 0 Å². The summed E-state index contributed by atoms with van der Waals surface area (Å²) in [5, 5.41) is 10.1. The molecule has 0 saturated heterocycles. The maximum atomic E-state index is 10.1. The van der Waals surface area contributed by atoms with Crippen molar-refractivity contribution in [2.45, 2.75) is 32.6 Å². The van der Waals surface area contributed by atoms with E-state index >= 15 is 0 Å². The Morgan fingerprint density at radius 1 is 1.29 bits per heavy atom. The molecule has 0 aromatic rings. The van der Waals surface area contributed by atoms with Gasteiger partial charge in [-0.05, 0) is 13.0 Å². The summed E-state index contributed by atoms with van der Waals surface area (Å²) in [6.07, 6.45) is 4.57. The molecule has 0 aliphatic carbocycles. The van der Waals surface area contributed by atoms with Crippen LogP contribution in [0.2, 0.25) is 0 Å². The molecule has 0 amide bonds. The maximum absolute atomic E-state index is 10.1. The van der Waals surface area contributed by atoms with Crippen molar-refractivity contribution in [2.75, 3.05) is 19.4 Å². The zero-order chi connectivity index (χ0) is 13.7. The molecule has 0 radical (unpaired) electrons. The van der Waals surface area contributed by atoms with Crippen LogP contribution in [0.5, 0.6) is 0 Å². The minimum absolute atomic E-state index is 0.439. The lowest BCUT2D eigenvalue weighted by atomic mass is 10.2. The van der Waals surface area contributed by atoms with E-state index in [2.05, 4.69) is 12.2 Å². The second-order valence-electron chi connectivity index (χ2n) is 3.49. The molecular weight excluding hydrogens is 247 g/mol. The summed E-state index contributed by atoms with van der Waals surface area (Å²) in [5.41, 5.74) is 5.27. The predicted octanol–water partition coefficient (Wildman–Crippen LogP) is 0.321. The maximum Gasteiger partial charge on any atom is 0.339 e. The number of hydrogen-bond donors (Lipinski definition) is 5. The fourth-order valence-corrected chi connectivity index (χ4v) is 1.28. The van der Waals surface area contributed by atoms with Crippen molar-refractivity contribution in [1.29, 1.82) is 0 Å². The van der Waals surface area contributed by atoms with Gasteiger partial charge in [0.2, 0.25) is 0 Å². The number of carboxylic acids is 1. The lowest BCUT2D eigenvalue weighted by molar-refractivity contribution is -0.135. The first-order chi connectivity index (χ1) is 7.83. The molecule has 0 spiro atoms. The van der Waals surface area contributed by atoms with E-state index < -0.39 is 26.4 Å². The van der Waals surface area contributed by atoms with Crippen molar-refractivity contribution in [3.05, 3.63) is 0 Å². The third kappa shape index (κ3) is 25.6. The van der Waals surface area contributed by atoms with E-state index in [0.717, 1.165) is 6.54 Å². The van der Waals surface area contributed by atoms with Crippen LogP contribution in [-0.2, 0) is 9.36 Å². The van der Waals surface area contributed by atoms with Gasteiger partial charge in [-0.1, -0.05) is 26.2 Å². The molecule has 0 atom stereocenters. The predicted molar refractivity (Wildman–Crippen MR) is 65.7 cm³/mol. The molecule has 0 rings (SSSR count). The largest absolute Gasteiger partial charge is 0.480 e. The van der Waals surface area contributed by atoms with Gasteiger partial charge in [0.15, 0.2) is 0 Å². The first kappa shape index (κ1) is 18.9. The Morgan fingerprint density at radius 3 is 2.24 bits per heavy atom. The Labute approximate surface area is 102 Å². The SMILES string of the molecule is CCCCCCN.O=C(O)CNCP(=O)(O)O. The number of nitrogens with two attached hydrogens (primary N) is 1. The molecule has 104 valence electrons. The Morgan fingerprint density at radius 2 is 1.88 bits per heavy atom. The normalized spacial score (nSPS) is 10.6. The minimum atomic E-state index is -4.10. The van der Waals surface area contributed by atoms with Gasteiger partial charge >= 0.3 is 13.6 Å². The van der Waals surface area contributed by atoms with Crippen LogP contribution in [0, 0.1) is 0 Å². The van der Waals surface area contributed by atoms with Crippen LogP contribution in [-0.4, -0.2) is 40.2 Å². The van der Waals surface area contributed by atoms with Gasteiger partial charge < -0.3 is 20.6 Å². The standard InChI is InChI=1S/C6H15N.C3H8NO5P/c1-2-3-4-5-6-7;5-3(6)1-4-2-10(7,8)9/h2-7H2,1H3;4H,1-2H2,(H,5,6)(H2,7,8,9). The Balaban J connectivity index is 0. The van der Waals surface area contributed by atoms with Gasteiger partial charge in [0.1, 0.15) is 0 Å². The van der Waals surface area contributed by atoms with Crippen molar-refractivity contribution in [3.63, 3.8) is 0 Å². The van der Waals surface area contributed by atoms with Gasteiger partial charge in [-0.15, -0.1) is 0 Å². The van der Waals surface area contributed by atoms with Crippen LogP contribution in [0.25, 0.3) is 0 Å². The second-order valence-corrected chi connectivity index (χ2v) is 5.14. The topological polar surface area (TPSA) is 133 Å². The Bertz CT molecular complexity index is 227. The molecule has 6 N–H and O–H groups in total. The number of unbranched alkanes of at least 4 members (excludes halogenated alkanes) is 3. The lowest BCUT2D eigenvalue weighted by Crippen LogP contribution is -2.23. The van der Waals surface area contributed by atoms with Crippen molar-refractivity contribution in [1.82, 2.24) is 5.32 Å². The molecule has 0 aromatic heterocycles. The molecule has 0 aliphatic rings. The van der Waals surface area contributed by atoms with Gasteiger partial charge in [-0.3, -0.25) is 14.7 Å². The number of carbonyl (C=O) groups is 1. The molecule has 0 heterocycles. The van der Waals surface area contributed by atoms with Crippen LogP contribution in [0.3, 0.4) is 0 Å². The van der Waals surface area contributed by atoms with E-state index in [1.807, 2.05) is 0 Å². The zero-order valence-electron chi connectivity index (χ0n) is 10.1. The zero-order valence-corrected chi connectivity index (χ0v) is 11.0. The van der Waals surface area contributed by atoms with Gasteiger partial charge in [-0.25, -0.2) is 0 Å². The van der Waals surface area contributed by atoms with Crippen LogP contribution < -0.4 is 11.1 Å². The van der Waals surface area contributed by atoms with Crippen molar-refractivity contribution in [2.24, 2.45) is 5.73 Å². The third-order valence-electron chi connectivity index (χ3n) is 1.65. The molecule has 8 heteroatoms. The summed E-state index contributed by atoms with van der Waals surface area (Å²) in [6.45, 7) is 2.63. The summed E-state index contributed by atoms with van der Waals surface area (Å²) in [7, 11) is -4.10. The summed E-state index contributed by atoms with van der Waals surface area (Å²) < 4.78 is 10.1. The molecule has 0 unspecified atom stereocenters. The van der Waals surface area contributed by atoms with Gasteiger partial charge in [-0.2, -0.15) is 0 Å². The summed E-state index contributed by atoms with van der Waals surface area (Å²) in [4.78, 5) is 26.1. The van der Waals surface area contributed by atoms with Crippen LogP contribution in [0.4, 0.5) is 0 Å². The molecule has 0 aliphatic heterocycles. The van der Waals surface area contributed by atoms with Crippen LogP contribution in [0.1, 0.15) is 32.6 Å². The summed E-state index contributed by atoms with van der Waals surface area (Å²) in [6, 6.07) is 0. The Hall–Kier alpha value is -0.460. The number of rotatable bonds is 8. The minimum Gasteiger partial charge on any atom is -0.480 e. The van der Waals surface area contributed by atoms with E-state index in [0.29, 0.717) is 0 Å². The van der Waals surface area contributed by atoms with Crippen molar-refractivity contribution in [3.8, 4) is 0 Å². The quantitative estimate of drug-likeness (QED) is 0.317. The van der Waals surface area contributed by atoms with E-state index in [4.69, 9.17) is 20.6 Å². The molecule has 17 heavy (non-hydrogen) atoms. The average molecular weight is 270 g/mol. The van der Waals surface area contributed by atoms with Gasteiger partial charge in [0, 0.05) is 0 Å². The van der Waals surface area contributed by atoms with E-state index in [1.54, 1.807) is 0 Å². The second kappa shape index (κ2) is 12.0. The molecule has 7 nitrogen and oxygen atoms in total. The Kier molecular flexibility index (Phi) is 13.3. The molecule has 0 aromatic carbocycles. The first-order valence-electron chi connectivity index (χ1n) is 5.50. The highest BCUT2D eigenvalue weighted by Crippen LogP contribution is 2.31. The fraction of sp³-hybridized carbons (Fsp3) is 0.889. The smallest absolute Gasteiger partial charge is 0.339 e. The van der Waals surface area contributed by atoms with E-state index in [1.165, 1.54) is 25.7 Å². The average Bonchev–Trinajstić information content (AvgIpc) is 2.17.